The van der Waals surface area contributed by atoms with Crippen molar-refractivity contribution in [2.75, 3.05) is 13.2 Å². The molecule has 0 rings (SSSR count). The zero-order valence-corrected chi connectivity index (χ0v) is 36.7. The summed E-state index contributed by atoms with van der Waals surface area (Å²) >= 11 is 0. The molecular formula is C50H86O7. The number of rotatable bonds is 40. The lowest BCUT2D eigenvalue weighted by Crippen LogP contribution is -2.28. The Labute approximate surface area is 349 Å². The third-order valence-electron chi connectivity index (χ3n) is 10.2. The second kappa shape index (κ2) is 42.9. The molecule has 0 heterocycles. The van der Waals surface area contributed by atoms with Crippen molar-refractivity contribution in [1.82, 2.24) is 0 Å². The van der Waals surface area contributed by atoms with Crippen molar-refractivity contribution in [3.05, 3.63) is 72.9 Å². The molecule has 0 saturated carbocycles. The van der Waals surface area contributed by atoms with Crippen LogP contribution in [0.5, 0.6) is 0 Å². The zero-order chi connectivity index (χ0) is 41.9. The van der Waals surface area contributed by atoms with Crippen molar-refractivity contribution in [3.63, 3.8) is 0 Å². The van der Waals surface area contributed by atoms with Gasteiger partial charge in [-0.05, 0) is 44.4 Å². The Morgan fingerprint density at radius 2 is 1.04 bits per heavy atom. The molecule has 57 heavy (non-hydrogen) atoms. The van der Waals surface area contributed by atoms with Crippen LogP contribution in [0.1, 0.15) is 194 Å². The van der Waals surface area contributed by atoms with Gasteiger partial charge in [-0.1, -0.05) is 216 Å². The van der Waals surface area contributed by atoms with Crippen LogP contribution in [0.3, 0.4) is 0 Å². The van der Waals surface area contributed by atoms with Crippen LogP contribution in [0, 0.1) is 5.92 Å². The van der Waals surface area contributed by atoms with Crippen LogP contribution in [0.25, 0.3) is 0 Å². The van der Waals surface area contributed by atoms with Crippen LogP contribution in [-0.4, -0.2) is 58.8 Å². The third-order valence-corrected chi connectivity index (χ3v) is 10.2. The summed E-state index contributed by atoms with van der Waals surface area (Å²) in [5, 5.41) is 29.5. The van der Waals surface area contributed by atoms with Crippen molar-refractivity contribution in [2.45, 2.75) is 212 Å². The number of ether oxygens (including phenoxy) is 2. The molecule has 0 aromatic rings. The summed E-state index contributed by atoms with van der Waals surface area (Å²) in [5.74, 6) is 0.149. The number of hydrogen-bond acceptors (Lipinski definition) is 7. The van der Waals surface area contributed by atoms with Crippen LogP contribution in [0.2, 0.25) is 0 Å². The van der Waals surface area contributed by atoms with Gasteiger partial charge in [0.05, 0.1) is 18.8 Å². The number of carbonyl (C=O) groups is 2. The van der Waals surface area contributed by atoms with Gasteiger partial charge in [0.2, 0.25) is 0 Å². The molecule has 0 fully saturated rings. The van der Waals surface area contributed by atoms with Gasteiger partial charge in [0.1, 0.15) is 6.61 Å². The van der Waals surface area contributed by atoms with E-state index in [0.717, 1.165) is 31.6 Å². The molecule has 3 N–H and O–H groups in total. The van der Waals surface area contributed by atoms with E-state index in [1.165, 1.54) is 109 Å². The number of esters is 2. The predicted molar refractivity (Wildman–Crippen MR) is 240 cm³/mol. The van der Waals surface area contributed by atoms with Crippen LogP contribution < -0.4 is 0 Å². The van der Waals surface area contributed by atoms with E-state index in [2.05, 4.69) is 20.8 Å². The van der Waals surface area contributed by atoms with Gasteiger partial charge in [-0.25, -0.2) is 0 Å². The maximum atomic E-state index is 12.2. The molecule has 0 radical (unpaired) electrons. The normalized spacial score (nSPS) is 14.6. The molecule has 0 aliphatic rings. The first kappa shape index (κ1) is 54.3. The van der Waals surface area contributed by atoms with Crippen molar-refractivity contribution in [1.29, 1.82) is 0 Å². The molecule has 0 aromatic heterocycles. The van der Waals surface area contributed by atoms with Gasteiger partial charge in [0, 0.05) is 12.8 Å². The third kappa shape index (κ3) is 41.2. The van der Waals surface area contributed by atoms with E-state index in [9.17, 15) is 24.9 Å². The quantitative estimate of drug-likeness (QED) is 0.0245. The van der Waals surface area contributed by atoms with Gasteiger partial charge in [0.25, 0.3) is 0 Å². The average molecular weight is 799 g/mol. The van der Waals surface area contributed by atoms with Crippen LogP contribution in [-0.2, 0) is 19.1 Å². The second-order valence-corrected chi connectivity index (χ2v) is 15.8. The first-order valence-electron chi connectivity index (χ1n) is 23.1. The lowest BCUT2D eigenvalue weighted by molar-refractivity contribution is -0.161. The zero-order valence-electron chi connectivity index (χ0n) is 36.7. The Balaban J connectivity index is 3.72. The van der Waals surface area contributed by atoms with Gasteiger partial charge in [-0.15, -0.1) is 0 Å². The van der Waals surface area contributed by atoms with Gasteiger partial charge in [-0.2, -0.15) is 0 Å². The van der Waals surface area contributed by atoms with Gasteiger partial charge in [-0.3, -0.25) is 9.59 Å². The van der Waals surface area contributed by atoms with E-state index < -0.39 is 24.3 Å². The number of aliphatic hydroxyl groups is 3. The molecule has 0 aliphatic carbocycles. The topological polar surface area (TPSA) is 113 Å². The maximum Gasteiger partial charge on any atom is 0.306 e. The molecule has 0 bridgehead atoms. The Morgan fingerprint density at radius 1 is 0.561 bits per heavy atom. The Kier molecular flexibility index (Phi) is 40.8. The minimum Gasteiger partial charge on any atom is -0.462 e. The number of allylic oxidation sites excluding steroid dienone is 8. The van der Waals surface area contributed by atoms with Gasteiger partial charge in [0.15, 0.2) is 6.10 Å². The fraction of sp³-hybridized carbons (Fsp3) is 0.720. The lowest BCUT2D eigenvalue weighted by Gasteiger charge is -2.15. The largest absolute Gasteiger partial charge is 0.462 e. The predicted octanol–water partition coefficient (Wildman–Crippen LogP) is 12.7. The van der Waals surface area contributed by atoms with Gasteiger partial charge < -0.3 is 24.8 Å². The van der Waals surface area contributed by atoms with E-state index in [0.29, 0.717) is 32.1 Å². The van der Waals surface area contributed by atoms with E-state index in [1.54, 1.807) is 24.3 Å². The molecule has 0 amide bonds. The monoisotopic (exact) mass is 799 g/mol. The number of carbonyl (C=O) groups excluding carboxylic acids is 2. The molecule has 7 nitrogen and oxygen atoms in total. The van der Waals surface area contributed by atoms with Crippen molar-refractivity contribution < 1.29 is 34.4 Å². The van der Waals surface area contributed by atoms with E-state index >= 15 is 0 Å². The smallest absolute Gasteiger partial charge is 0.306 e. The van der Waals surface area contributed by atoms with Crippen molar-refractivity contribution in [2.24, 2.45) is 5.92 Å². The van der Waals surface area contributed by atoms with Crippen LogP contribution >= 0.6 is 0 Å². The Hall–Kier alpha value is -2.74. The first-order valence-corrected chi connectivity index (χ1v) is 23.1. The average Bonchev–Trinajstić information content (AvgIpc) is 3.20. The Morgan fingerprint density at radius 3 is 1.53 bits per heavy atom. The standard InChI is InChI=1S/C50H86O7/c1-4-6-29-37-46(52)39-32-27-28-33-40-47(53)38-31-24-21-22-25-34-41-49(54)56-44-48(43-51)57-50(55)42-35-26-20-18-16-14-12-10-8-7-9-11-13-15-17-19-23-30-36-45(3)5-2/h6,22,24-25,27-29,31-33,39-40,45-48,51-53H,4-5,7-21,23,26,30,34-38,41-44H2,1-3H3/b25-22-,28-27-,29-6-,31-24-,39-32+,40-33+/t45?,46-,47+,48+/m1/s1. The van der Waals surface area contributed by atoms with E-state index in [1.807, 2.05) is 48.6 Å². The molecule has 0 saturated heterocycles. The minimum atomic E-state index is -0.837. The van der Waals surface area contributed by atoms with E-state index in [4.69, 9.17) is 9.47 Å². The highest BCUT2D eigenvalue weighted by Crippen LogP contribution is 2.17. The lowest BCUT2D eigenvalue weighted by atomic mass is 9.99. The summed E-state index contributed by atoms with van der Waals surface area (Å²) in [6.07, 6.45) is 50.4. The summed E-state index contributed by atoms with van der Waals surface area (Å²) in [5.41, 5.74) is 0. The summed E-state index contributed by atoms with van der Waals surface area (Å²) in [4.78, 5) is 24.3. The molecular weight excluding hydrogens is 713 g/mol. The molecule has 4 atom stereocenters. The fourth-order valence-electron chi connectivity index (χ4n) is 6.32. The number of hydrogen-bond donors (Lipinski definition) is 3. The fourth-order valence-corrected chi connectivity index (χ4v) is 6.32. The van der Waals surface area contributed by atoms with Crippen molar-refractivity contribution in [3.8, 4) is 0 Å². The summed E-state index contributed by atoms with van der Waals surface area (Å²) in [7, 11) is 0. The SMILES string of the molecule is CC/C=C\C[C@@H](O)/C=C/C=C\C=C\[C@@H](O)C/C=C\C/C=C\CCC(=O)OC[C@H](CO)OC(=O)CCCCCCCCCCCCCCCCCCCCC(C)CC. The molecule has 328 valence electrons. The molecule has 7 heteroatoms. The minimum absolute atomic E-state index is 0.143. The summed E-state index contributed by atoms with van der Waals surface area (Å²) < 4.78 is 10.5. The maximum absolute atomic E-state index is 12.2. The molecule has 1 unspecified atom stereocenters. The number of aliphatic hydroxyl groups excluding tert-OH is 3. The van der Waals surface area contributed by atoms with Crippen LogP contribution in [0.15, 0.2) is 72.9 Å². The summed E-state index contributed by atoms with van der Waals surface area (Å²) in [6.45, 7) is 6.20. The summed E-state index contributed by atoms with van der Waals surface area (Å²) in [6, 6.07) is 0. The highest BCUT2D eigenvalue weighted by Gasteiger charge is 2.16. The molecule has 0 spiro atoms. The van der Waals surface area contributed by atoms with Gasteiger partial charge >= 0.3 is 11.9 Å². The highest BCUT2D eigenvalue weighted by molar-refractivity contribution is 5.70. The van der Waals surface area contributed by atoms with Crippen LogP contribution in [0.4, 0.5) is 0 Å². The Bertz CT molecular complexity index is 1090. The molecule has 0 aromatic carbocycles. The molecule has 0 aliphatic heterocycles. The first-order chi connectivity index (χ1) is 27.8. The highest BCUT2D eigenvalue weighted by atomic mass is 16.6. The second-order valence-electron chi connectivity index (χ2n) is 15.8. The van der Waals surface area contributed by atoms with E-state index in [-0.39, 0.29) is 25.6 Å². The number of unbranched alkanes of at least 4 members (excludes halogenated alkanes) is 17. The van der Waals surface area contributed by atoms with Crippen molar-refractivity contribution >= 4 is 11.9 Å².